The lowest BCUT2D eigenvalue weighted by atomic mass is 9.96. The minimum absolute atomic E-state index is 0.00748. The normalized spacial score (nSPS) is 17.3. The van der Waals surface area contributed by atoms with Crippen LogP contribution in [0.4, 0.5) is 4.39 Å². The first-order valence-corrected chi connectivity index (χ1v) is 6.31. The van der Waals surface area contributed by atoms with Gasteiger partial charge < -0.3 is 9.47 Å². The number of ketones is 1. The summed E-state index contributed by atoms with van der Waals surface area (Å²) < 4.78 is 24.4. The molecule has 102 valence electrons. The maximum Gasteiger partial charge on any atom is 0.170 e. The summed E-state index contributed by atoms with van der Waals surface area (Å²) in [5.41, 5.74) is 1.21. The maximum absolute atomic E-state index is 13.7. The molecule has 20 heavy (non-hydrogen) atoms. The Hall–Kier alpha value is -2.36. The van der Waals surface area contributed by atoms with Crippen molar-refractivity contribution in [2.45, 2.75) is 12.5 Å². The lowest BCUT2D eigenvalue weighted by Crippen LogP contribution is -2.20. The Kier molecular flexibility index (Phi) is 3.14. The van der Waals surface area contributed by atoms with Crippen molar-refractivity contribution >= 4 is 5.78 Å². The van der Waals surface area contributed by atoms with Crippen LogP contribution in [0.25, 0.3) is 0 Å². The average molecular weight is 272 g/mol. The van der Waals surface area contributed by atoms with Crippen LogP contribution in [-0.4, -0.2) is 12.9 Å². The molecule has 1 unspecified atom stereocenters. The summed E-state index contributed by atoms with van der Waals surface area (Å²) in [6.45, 7) is 0. The van der Waals surface area contributed by atoms with Gasteiger partial charge in [0.15, 0.2) is 17.3 Å². The van der Waals surface area contributed by atoms with Crippen molar-refractivity contribution in [3.63, 3.8) is 0 Å². The molecule has 4 heteroatoms. The average Bonchev–Trinajstić information content (AvgIpc) is 2.47. The van der Waals surface area contributed by atoms with Gasteiger partial charge >= 0.3 is 0 Å². The zero-order chi connectivity index (χ0) is 14.1. The summed E-state index contributed by atoms with van der Waals surface area (Å²) in [6, 6.07) is 11.7. The van der Waals surface area contributed by atoms with Crippen LogP contribution in [0.1, 0.15) is 28.4 Å². The number of hydrogen-bond donors (Lipinski definition) is 0. The molecule has 3 nitrogen and oxygen atoms in total. The summed E-state index contributed by atoms with van der Waals surface area (Å²) in [6.07, 6.45) is -0.249. The second-order valence-corrected chi connectivity index (χ2v) is 4.62. The number of carbonyl (C=O) groups excluding carboxylic acids is 1. The number of halogens is 1. The van der Waals surface area contributed by atoms with E-state index in [9.17, 15) is 9.18 Å². The number of fused-ring (bicyclic) bond motifs is 1. The Balaban J connectivity index is 1.94. The third kappa shape index (κ3) is 2.13. The zero-order valence-electron chi connectivity index (χ0n) is 10.9. The minimum Gasteiger partial charge on any atom is -0.494 e. The van der Waals surface area contributed by atoms with E-state index in [0.29, 0.717) is 16.9 Å². The van der Waals surface area contributed by atoms with E-state index in [4.69, 9.17) is 9.47 Å². The fourth-order valence-corrected chi connectivity index (χ4v) is 2.34. The van der Waals surface area contributed by atoms with Crippen LogP contribution in [0.2, 0.25) is 0 Å². The number of hydrogen-bond acceptors (Lipinski definition) is 3. The summed E-state index contributed by atoms with van der Waals surface area (Å²) in [4.78, 5) is 12.1. The molecule has 1 aliphatic heterocycles. The van der Waals surface area contributed by atoms with Crippen molar-refractivity contribution in [3.8, 4) is 11.5 Å². The summed E-state index contributed by atoms with van der Waals surface area (Å²) in [5.74, 6) is 0.272. The molecule has 0 saturated heterocycles. The van der Waals surface area contributed by atoms with Crippen LogP contribution < -0.4 is 9.47 Å². The molecule has 0 fully saturated rings. The van der Waals surface area contributed by atoms with Gasteiger partial charge in [-0.1, -0.05) is 18.2 Å². The molecule has 0 radical (unpaired) electrons. The van der Waals surface area contributed by atoms with Crippen LogP contribution in [0.3, 0.4) is 0 Å². The van der Waals surface area contributed by atoms with Crippen LogP contribution in [0.5, 0.6) is 11.5 Å². The largest absolute Gasteiger partial charge is 0.494 e. The van der Waals surface area contributed by atoms with Crippen molar-refractivity contribution in [3.05, 3.63) is 59.4 Å². The number of methoxy groups -OCH3 is 1. The number of carbonyl (C=O) groups is 1. The van der Waals surface area contributed by atoms with Crippen LogP contribution in [0.15, 0.2) is 42.5 Å². The van der Waals surface area contributed by atoms with Crippen molar-refractivity contribution in [1.82, 2.24) is 0 Å². The molecule has 0 spiro atoms. The lowest BCUT2D eigenvalue weighted by molar-refractivity contribution is 0.0849. The monoisotopic (exact) mass is 272 g/mol. The van der Waals surface area contributed by atoms with Gasteiger partial charge in [-0.05, 0) is 29.8 Å². The molecule has 0 aliphatic carbocycles. The smallest absolute Gasteiger partial charge is 0.170 e. The number of Topliss-reactive ketones (excluding diaryl/α,β-unsaturated/α-hetero) is 1. The topological polar surface area (TPSA) is 35.5 Å². The van der Waals surface area contributed by atoms with Crippen molar-refractivity contribution in [2.24, 2.45) is 0 Å². The molecule has 0 bridgehead atoms. The van der Waals surface area contributed by atoms with Gasteiger partial charge in [-0.3, -0.25) is 4.79 Å². The van der Waals surface area contributed by atoms with Gasteiger partial charge in [0.05, 0.1) is 19.1 Å². The molecule has 1 atom stereocenters. The van der Waals surface area contributed by atoms with Gasteiger partial charge in [-0.15, -0.1) is 0 Å². The molecule has 1 heterocycles. The second kappa shape index (κ2) is 4.96. The fourth-order valence-electron chi connectivity index (χ4n) is 2.34. The van der Waals surface area contributed by atoms with Crippen LogP contribution in [-0.2, 0) is 0 Å². The Morgan fingerprint density at radius 1 is 1.25 bits per heavy atom. The molecule has 3 rings (SSSR count). The second-order valence-electron chi connectivity index (χ2n) is 4.62. The highest BCUT2D eigenvalue weighted by Gasteiger charge is 2.27. The molecular formula is C16H13FO3. The van der Waals surface area contributed by atoms with E-state index in [2.05, 4.69) is 0 Å². The molecule has 0 saturated carbocycles. The Morgan fingerprint density at radius 3 is 2.80 bits per heavy atom. The maximum atomic E-state index is 13.7. The summed E-state index contributed by atoms with van der Waals surface area (Å²) >= 11 is 0. The molecule has 1 aliphatic rings. The fraction of sp³-hybridized carbons (Fsp3) is 0.188. The van der Waals surface area contributed by atoms with Gasteiger partial charge in [0.1, 0.15) is 11.9 Å². The third-order valence-electron chi connectivity index (χ3n) is 3.38. The molecule has 2 aromatic carbocycles. The first-order chi connectivity index (χ1) is 9.69. The molecule has 0 aromatic heterocycles. The first-order valence-electron chi connectivity index (χ1n) is 6.31. The number of rotatable bonds is 2. The van der Waals surface area contributed by atoms with E-state index in [1.165, 1.54) is 13.2 Å². The molecular weight excluding hydrogens is 259 g/mol. The van der Waals surface area contributed by atoms with Gasteiger partial charge in [0.2, 0.25) is 0 Å². The SMILES string of the molecule is COc1ccc(C2CC(=O)c3ccccc3O2)cc1F. The first kappa shape index (κ1) is 12.7. The molecule has 2 aromatic rings. The van der Waals surface area contributed by atoms with Gasteiger partial charge in [-0.25, -0.2) is 4.39 Å². The predicted octanol–water partition coefficient (Wildman–Crippen LogP) is 3.54. The number of ether oxygens (including phenoxy) is 2. The lowest BCUT2D eigenvalue weighted by Gasteiger charge is -2.25. The van der Waals surface area contributed by atoms with E-state index in [1.54, 1.807) is 30.3 Å². The Bertz CT molecular complexity index is 667. The van der Waals surface area contributed by atoms with E-state index in [0.717, 1.165) is 0 Å². The highest BCUT2D eigenvalue weighted by atomic mass is 19.1. The zero-order valence-corrected chi connectivity index (χ0v) is 10.9. The van der Waals surface area contributed by atoms with E-state index < -0.39 is 11.9 Å². The Labute approximate surface area is 115 Å². The summed E-state index contributed by atoms with van der Waals surface area (Å²) in [5, 5.41) is 0. The Morgan fingerprint density at radius 2 is 2.05 bits per heavy atom. The van der Waals surface area contributed by atoms with Crippen LogP contribution >= 0.6 is 0 Å². The molecule has 0 amide bonds. The number of benzene rings is 2. The standard InChI is InChI=1S/C16H13FO3/c1-19-15-7-6-10(8-12(15)17)16-9-13(18)11-4-2-3-5-14(11)20-16/h2-8,16H,9H2,1H3. The predicted molar refractivity (Wildman–Crippen MR) is 71.7 cm³/mol. The van der Waals surface area contributed by atoms with E-state index >= 15 is 0 Å². The highest BCUT2D eigenvalue weighted by Crippen LogP contribution is 2.35. The third-order valence-corrected chi connectivity index (χ3v) is 3.38. The van der Waals surface area contributed by atoms with Crippen molar-refractivity contribution in [1.29, 1.82) is 0 Å². The van der Waals surface area contributed by atoms with E-state index in [1.807, 2.05) is 6.07 Å². The molecule has 0 N–H and O–H groups in total. The summed E-state index contributed by atoms with van der Waals surface area (Å²) in [7, 11) is 1.41. The van der Waals surface area contributed by atoms with E-state index in [-0.39, 0.29) is 18.0 Å². The van der Waals surface area contributed by atoms with Gasteiger partial charge in [0.25, 0.3) is 0 Å². The van der Waals surface area contributed by atoms with Gasteiger partial charge in [0, 0.05) is 0 Å². The minimum atomic E-state index is -0.460. The van der Waals surface area contributed by atoms with Crippen LogP contribution in [0, 0.1) is 5.82 Å². The highest BCUT2D eigenvalue weighted by molar-refractivity contribution is 5.99. The van der Waals surface area contributed by atoms with Crippen molar-refractivity contribution < 1.29 is 18.7 Å². The quantitative estimate of drug-likeness (QED) is 0.838. The van der Waals surface area contributed by atoms with Gasteiger partial charge in [-0.2, -0.15) is 0 Å². The van der Waals surface area contributed by atoms with Crippen molar-refractivity contribution in [2.75, 3.05) is 7.11 Å². The number of para-hydroxylation sites is 1.